The number of ether oxygens (including phenoxy) is 1. The maximum Gasteiger partial charge on any atom is 0.0462 e. The lowest BCUT2D eigenvalue weighted by Gasteiger charge is -2.46. The SMILES string of the molecule is CCN(CCCCOC)C1(CN)CCCCC1. The predicted octanol–water partition coefficient (Wildman–Crippen LogP) is 2.40. The van der Waals surface area contributed by atoms with E-state index in [2.05, 4.69) is 11.8 Å². The Balaban J connectivity index is 2.44. The molecule has 1 aliphatic carbocycles. The van der Waals surface area contributed by atoms with Crippen LogP contribution in [0.15, 0.2) is 0 Å². The molecule has 1 saturated carbocycles. The van der Waals surface area contributed by atoms with Crippen molar-refractivity contribution in [3.05, 3.63) is 0 Å². The molecule has 0 saturated heterocycles. The van der Waals surface area contributed by atoms with Gasteiger partial charge in [0.2, 0.25) is 0 Å². The van der Waals surface area contributed by atoms with Crippen molar-refractivity contribution < 1.29 is 4.74 Å². The molecule has 0 heterocycles. The Hall–Kier alpha value is -0.120. The highest BCUT2D eigenvalue weighted by Gasteiger charge is 2.35. The number of hydrogen-bond donors (Lipinski definition) is 1. The lowest BCUT2D eigenvalue weighted by Crippen LogP contribution is -2.55. The first-order valence-electron chi connectivity index (χ1n) is 7.23. The number of methoxy groups -OCH3 is 1. The highest BCUT2D eigenvalue weighted by atomic mass is 16.5. The van der Waals surface area contributed by atoms with E-state index in [1.54, 1.807) is 7.11 Å². The number of unbranched alkanes of at least 4 members (excludes halogenated alkanes) is 1. The van der Waals surface area contributed by atoms with Crippen LogP contribution in [0.1, 0.15) is 51.9 Å². The van der Waals surface area contributed by atoms with Crippen LogP contribution >= 0.6 is 0 Å². The lowest BCUT2D eigenvalue weighted by atomic mass is 9.80. The molecular weight excluding hydrogens is 212 g/mol. The van der Waals surface area contributed by atoms with Crippen LogP contribution in [0.4, 0.5) is 0 Å². The maximum atomic E-state index is 6.08. The van der Waals surface area contributed by atoms with Gasteiger partial charge in [-0.3, -0.25) is 4.90 Å². The average molecular weight is 242 g/mol. The van der Waals surface area contributed by atoms with E-state index in [1.165, 1.54) is 45.1 Å². The minimum absolute atomic E-state index is 0.306. The quantitative estimate of drug-likeness (QED) is 0.664. The summed E-state index contributed by atoms with van der Waals surface area (Å²) in [6.45, 7) is 6.28. The number of rotatable bonds is 8. The Kier molecular flexibility index (Phi) is 7.09. The van der Waals surface area contributed by atoms with Crippen LogP contribution in [-0.2, 0) is 4.74 Å². The van der Waals surface area contributed by atoms with E-state index in [0.717, 1.165) is 26.1 Å². The van der Waals surface area contributed by atoms with Crippen LogP contribution in [0.2, 0.25) is 0 Å². The Morgan fingerprint density at radius 1 is 1.18 bits per heavy atom. The Bertz CT molecular complexity index is 191. The van der Waals surface area contributed by atoms with Crippen molar-refractivity contribution in [1.29, 1.82) is 0 Å². The fraction of sp³-hybridized carbons (Fsp3) is 1.00. The number of likely N-dealkylation sites (N-methyl/N-ethyl adjacent to an activating group) is 1. The molecule has 0 radical (unpaired) electrons. The molecule has 0 aliphatic heterocycles. The second-order valence-electron chi connectivity index (χ2n) is 5.27. The highest BCUT2D eigenvalue weighted by molar-refractivity contribution is 4.93. The normalized spacial score (nSPS) is 19.8. The van der Waals surface area contributed by atoms with Crippen molar-refractivity contribution in [2.75, 3.05) is 33.4 Å². The summed E-state index contributed by atoms with van der Waals surface area (Å²) in [5.41, 5.74) is 6.38. The summed E-state index contributed by atoms with van der Waals surface area (Å²) in [5, 5.41) is 0. The summed E-state index contributed by atoms with van der Waals surface area (Å²) in [7, 11) is 1.78. The zero-order valence-electron chi connectivity index (χ0n) is 11.7. The lowest BCUT2D eigenvalue weighted by molar-refractivity contribution is 0.0580. The second kappa shape index (κ2) is 8.06. The van der Waals surface area contributed by atoms with Gasteiger partial charge < -0.3 is 10.5 Å². The van der Waals surface area contributed by atoms with Gasteiger partial charge in [-0.2, -0.15) is 0 Å². The van der Waals surface area contributed by atoms with E-state index in [1.807, 2.05) is 0 Å². The Morgan fingerprint density at radius 3 is 2.41 bits per heavy atom. The van der Waals surface area contributed by atoms with Crippen molar-refractivity contribution in [2.45, 2.75) is 57.4 Å². The molecule has 0 unspecified atom stereocenters. The molecular formula is C14H30N2O. The topological polar surface area (TPSA) is 38.5 Å². The monoisotopic (exact) mass is 242 g/mol. The van der Waals surface area contributed by atoms with Crippen molar-refractivity contribution >= 4 is 0 Å². The van der Waals surface area contributed by atoms with E-state index < -0.39 is 0 Å². The van der Waals surface area contributed by atoms with Crippen LogP contribution < -0.4 is 5.73 Å². The zero-order chi connectivity index (χ0) is 12.6. The minimum Gasteiger partial charge on any atom is -0.385 e. The number of nitrogens with two attached hydrogens (primary N) is 1. The first-order chi connectivity index (χ1) is 8.29. The van der Waals surface area contributed by atoms with Crippen molar-refractivity contribution in [1.82, 2.24) is 4.90 Å². The third-order valence-electron chi connectivity index (χ3n) is 4.24. The molecule has 102 valence electrons. The van der Waals surface area contributed by atoms with E-state index in [4.69, 9.17) is 10.5 Å². The van der Waals surface area contributed by atoms with Gasteiger partial charge in [0, 0.05) is 25.8 Å². The summed E-state index contributed by atoms with van der Waals surface area (Å²) in [5.74, 6) is 0. The molecule has 0 aromatic heterocycles. The predicted molar refractivity (Wildman–Crippen MR) is 73.2 cm³/mol. The average Bonchev–Trinajstić information content (AvgIpc) is 2.39. The van der Waals surface area contributed by atoms with Gasteiger partial charge in [0.1, 0.15) is 0 Å². The molecule has 1 fully saturated rings. The minimum atomic E-state index is 0.306. The smallest absolute Gasteiger partial charge is 0.0462 e. The van der Waals surface area contributed by atoms with E-state index in [-0.39, 0.29) is 0 Å². The number of hydrogen-bond acceptors (Lipinski definition) is 3. The summed E-state index contributed by atoms with van der Waals surface area (Å²) in [6, 6.07) is 0. The third-order valence-corrected chi connectivity index (χ3v) is 4.24. The second-order valence-corrected chi connectivity index (χ2v) is 5.27. The molecule has 0 aromatic carbocycles. The first-order valence-corrected chi connectivity index (χ1v) is 7.23. The van der Waals surface area contributed by atoms with Gasteiger partial charge in [-0.1, -0.05) is 26.2 Å². The van der Waals surface area contributed by atoms with Crippen LogP contribution in [0.5, 0.6) is 0 Å². The molecule has 1 aliphatic rings. The molecule has 0 amide bonds. The van der Waals surface area contributed by atoms with Gasteiger partial charge in [0.05, 0.1) is 0 Å². The van der Waals surface area contributed by atoms with Gasteiger partial charge in [-0.25, -0.2) is 0 Å². The summed E-state index contributed by atoms with van der Waals surface area (Å²) < 4.78 is 5.11. The molecule has 3 nitrogen and oxygen atoms in total. The molecule has 3 heteroatoms. The van der Waals surface area contributed by atoms with E-state index in [9.17, 15) is 0 Å². The molecule has 0 atom stereocenters. The highest BCUT2D eigenvalue weighted by Crippen LogP contribution is 2.32. The van der Waals surface area contributed by atoms with Crippen molar-refractivity contribution in [3.8, 4) is 0 Å². The van der Waals surface area contributed by atoms with Gasteiger partial charge in [0.25, 0.3) is 0 Å². The van der Waals surface area contributed by atoms with Crippen molar-refractivity contribution in [2.24, 2.45) is 5.73 Å². The van der Waals surface area contributed by atoms with Gasteiger partial charge in [-0.15, -0.1) is 0 Å². The summed E-state index contributed by atoms with van der Waals surface area (Å²) in [4.78, 5) is 2.63. The van der Waals surface area contributed by atoms with Crippen LogP contribution in [-0.4, -0.2) is 43.8 Å². The van der Waals surface area contributed by atoms with Crippen molar-refractivity contribution in [3.63, 3.8) is 0 Å². The molecule has 0 aromatic rings. The molecule has 2 N–H and O–H groups in total. The van der Waals surface area contributed by atoms with Gasteiger partial charge >= 0.3 is 0 Å². The van der Waals surface area contributed by atoms with E-state index >= 15 is 0 Å². The molecule has 1 rings (SSSR count). The standard InChI is InChI=1S/C14H30N2O/c1-3-16(11-7-8-12-17-2)14(13-15)9-5-4-6-10-14/h3-13,15H2,1-2H3. The van der Waals surface area contributed by atoms with Gasteiger partial charge in [-0.05, 0) is 38.8 Å². The molecule has 0 spiro atoms. The Labute approximate surface area is 107 Å². The fourth-order valence-electron chi connectivity index (χ4n) is 3.14. The fourth-order valence-corrected chi connectivity index (χ4v) is 3.14. The van der Waals surface area contributed by atoms with E-state index in [0.29, 0.717) is 5.54 Å². The third kappa shape index (κ3) is 4.23. The largest absolute Gasteiger partial charge is 0.385 e. The maximum absolute atomic E-state index is 6.08. The first kappa shape index (κ1) is 14.9. The molecule has 17 heavy (non-hydrogen) atoms. The summed E-state index contributed by atoms with van der Waals surface area (Å²) in [6.07, 6.45) is 9.07. The van der Waals surface area contributed by atoms with Gasteiger partial charge in [0.15, 0.2) is 0 Å². The van der Waals surface area contributed by atoms with Crippen LogP contribution in [0.3, 0.4) is 0 Å². The number of nitrogens with zero attached hydrogens (tertiary/aromatic N) is 1. The Morgan fingerprint density at radius 2 is 1.88 bits per heavy atom. The van der Waals surface area contributed by atoms with Crippen LogP contribution in [0.25, 0.3) is 0 Å². The zero-order valence-corrected chi connectivity index (χ0v) is 11.7. The summed E-state index contributed by atoms with van der Waals surface area (Å²) >= 11 is 0. The molecule has 0 bridgehead atoms. The van der Waals surface area contributed by atoms with Crippen LogP contribution in [0, 0.1) is 0 Å².